The van der Waals surface area contributed by atoms with Gasteiger partial charge in [0.15, 0.2) is 0 Å². The third-order valence-corrected chi connectivity index (χ3v) is 5.42. The fourth-order valence-corrected chi connectivity index (χ4v) is 4.03. The van der Waals surface area contributed by atoms with Crippen molar-refractivity contribution in [3.05, 3.63) is 81.4 Å². The summed E-state index contributed by atoms with van der Waals surface area (Å²) in [7, 11) is 0. The molecule has 0 spiro atoms. The zero-order valence-electron chi connectivity index (χ0n) is 13.8. The Bertz CT molecular complexity index is 818. The van der Waals surface area contributed by atoms with E-state index in [1.807, 2.05) is 37.3 Å². The molecular formula is C19H18N2O3S. The van der Waals surface area contributed by atoms with Gasteiger partial charge in [0.2, 0.25) is 5.91 Å². The van der Waals surface area contributed by atoms with Crippen LogP contribution in [0.3, 0.4) is 0 Å². The average Bonchev–Trinajstić information content (AvgIpc) is 3.10. The van der Waals surface area contributed by atoms with Gasteiger partial charge in [-0.2, -0.15) is 0 Å². The molecule has 1 heterocycles. The van der Waals surface area contributed by atoms with Crippen molar-refractivity contribution in [3.63, 3.8) is 0 Å². The first kappa shape index (κ1) is 17.2. The number of benzene rings is 2. The minimum Gasteiger partial charge on any atom is -0.322 e. The van der Waals surface area contributed by atoms with E-state index in [0.717, 1.165) is 22.4 Å². The molecule has 128 valence electrons. The number of hydrogen-bond acceptors (Lipinski definition) is 4. The van der Waals surface area contributed by atoms with E-state index >= 15 is 0 Å². The fourth-order valence-electron chi connectivity index (χ4n) is 2.76. The molecule has 1 aliphatic rings. The summed E-state index contributed by atoms with van der Waals surface area (Å²) in [6.45, 7) is 2.68. The molecule has 1 fully saturated rings. The van der Waals surface area contributed by atoms with Crippen LogP contribution >= 0.6 is 11.8 Å². The van der Waals surface area contributed by atoms with Gasteiger partial charge in [-0.3, -0.25) is 14.9 Å². The van der Waals surface area contributed by atoms with Gasteiger partial charge in [0, 0.05) is 30.5 Å². The van der Waals surface area contributed by atoms with Crippen LogP contribution in [-0.4, -0.2) is 28.0 Å². The summed E-state index contributed by atoms with van der Waals surface area (Å²) in [5.41, 5.74) is 3.11. The SMILES string of the molecule is Cc1ccccc1/C=C/C(=O)N1CCSC1c1ccc([N+](=O)[O-])cc1. The summed E-state index contributed by atoms with van der Waals surface area (Å²) in [5.74, 6) is 0.808. The van der Waals surface area contributed by atoms with Gasteiger partial charge in [-0.25, -0.2) is 0 Å². The van der Waals surface area contributed by atoms with Crippen molar-refractivity contribution in [2.75, 3.05) is 12.3 Å². The maximum absolute atomic E-state index is 12.6. The number of non-ortho nitro benzene ring substituents is 1. The van der Waals surface area contributed by atoms with Crippen LogP contribution < -0.4 is 0 Å². The Morgan fingerprint density at radius 2 is 1.96 bits per heavy atom. The number of rotatable bonds is 4. The highest BCUT2D eigenvalue weighted by molar-refractivity contribution is 7.99. The number of nitro benzene ring substituents is 1. The Morgan fingerprint density at radius 3 is 2.64 bits per heavy atom. The molecule has 3 rings (SSSR count). The van der Waals surface area contributed by atoms with E-state index < -0.39 is 4.92 Å². The third-order valence-electron chi connectivity index (χ3n) is 4.16. The number of hydrogen-bond donors (Lipinski definition) is 0. The first-order valence-corrected chi connectivity index (χ1v) is 9.01. The van der Waals surface area contributed by atoms with Crippen molar-refractivity contribution < 1.29 is 9.72 Å². The molecule has 25 heavy (non-hydrogen) atoms. The predicted molar refractivity (Wildman–Crippen MR) is 100 cm³/mol. The van der Waals surface area contributed by atoms with E-state index in [0.29, 0.717) is 6.54 Å². The van der Waals surface area contributed by atoms with Crippen LogP contribution in [0.15, 0.2) is 54.6 Å². The Balaban J connectivity index is 1.75. The highest BCUT2D eigenvalue weighted by Gasteiger charge is 2.29. The van der Waals surface area contributed by atoms with Crippen molar-refractivity contribution in [1.82, 2.24) is 4.90 Å². The lowest BCUT2D eigenvalue weighted by atomic mass is 10.1. The van der Waals surface area contributed by atoms with E-state index in [2.05, 4.69) is 0 Å². The van der Waals surface area contributed by atoms with Crippen LogP contribution in [0.25, 0.3) is 6.08 Å². The number of carbonyl (C=O) groups is 1. The number of thioether (sulfide) groups is 1. The number of aryl methyl sites for hydroxylation is 1. The molecule has 0 aromatic heterocycles. The summed E-state index contributed by atoms with van der Waals surface area (Å²) in [6.07, 6.45) is 3.44. The second-order valence-electron chi connectivity index (χ2n) is 5.79. The van der Waals surface area contributed by atoms with Crippen molar-refractivity contribution in [2.24, 2.45) is 0 Å². The smallest absolute Gasteiger partial charge is 0.269 e. The molecule has 5 nitrogen and oxygen atoms in total. The molecule has 2 aromatic carbocycles. The first-order valence-electron chi connectivity index (χ1n) is 7.96. The Kier molecular flexibility index (Phi) is 5.19. The van der Waals surface area contributed by atoms with Gasteiger partial charge in [0.05, 0.1) is 4.92 Å². The molecule has 6 heteroatoms. The molecule has 2 aromatic rings. The lowest BCUT2D eigenvalue weighted by molar-refractivity contribution is -0.384. The standard InChI is InChI=1S/C19H18N2O3S/c1-14-4-2-3-5-15(14)8-11-18(22)20-12-13-25-19(20)16-6-9-17(10-7-16)21(23)24/h2-11,19H,12-13H2,1H3/b11-8+. The monoisotopic (exact) mass is 354 g/mol. The minimum absolute atomic E-state index is 0.0448. The molecule has 1 amide bonds. The number of amides is 1. The van der Waals surface area contributed by atoms with Crippen LogP contribution in [-0.2, 0) is 4.79 Å². The van der Waals surface area contributed by atoms with E-state index in [9.17, 15) is 14.9 Å². The van der Waals surface area contributed by atoms with Crippen LogP contribution in [0.2, 0.25) is 0 Å². The van der Waals surface area contributed by atoms with Gasteiger partial charge in [0.25, 0.3) is 5.69 Å². The van der Waals surface area contributed by atoms with Crippen LogP contribution in [0.5, 0.6) is 0 Å². The Labute approximate surface area is 150 Å². The highest BCUT2D eigenvalue weighted by atomic mass is 32.2. The minimum atomic E-state index is -0.417. The lowest BCUT2D eigenvalue weighted by Gasteiger charge is -2.22. The van der Waals surface area contributed by atoms with E-state index in [4.69, 9.17) is 0 Å². The van der Waals surface area contributed by atoms with Crippen LogP contribution in [0, 0.1) is 17.0 Å². The molecule has 1 unspecified atom stereocenters. The molecule has 0 aliphatic carbocycles. The van der Waals surface area contributed by atoms with E-state index in [1.54, 1.807) is 34.9 Å². The van der Waals surface area contributed by atoms with Crippen LogP contribution in [0.1, 0.15) is 22.1 Å². The highest BCUT2D eigenvalue weighted by Crippen LogP contribution is 2.38. The van der Waals surface area contributed by atoms with Crippen molar-refractivity contribution >= 4 is 29.4 Å². The van der Waals surface area contributed by atoms with E-state index in [-0.39, 0.29) is 17.0 Å². The normalized spacial score (nSPS) is 17.2. The zero-order valence-corrected chi connectivity index (χ0v) is 14.6. The third kappa shape index (κ3) is 3.91. The Morgan fingerprint density at radius 1 is 1.24 bits per heavy atom. The van der Waals surface area contributed by atoms with Gasteiger partial charge >= 0.3 is 0 Å². The molecule has 0 bridgehead atoms. The molecule has 0 N–H and O–H groups in total. The van der Waals surface area contributed by atoms with Gasteiger partial charge in [-0.05, 0) is 41.8 Å². The van der Waals surface area contributed by atoms with Gasteiger partial charge in [-0.1, -0.05) is 24.3 Å². The summed E-state index contributed by atoms with van der Waals surface area (Å²) in [5, 5.41) is 10.7. The van der Waals surface area contributed by atoms with Crippen molar-refractivity contribution in [2.45, 2.75) is 12.3 Å². The topological polar surface area (TPSA) is 63.5 Å². The summed E-state index contributed by atoms with van der Waals surface area (Å²) in [6, 6.07) is 14.3. The van der Waals surface area contributed by atoms with Crippen molar-refractivity contribution in [3.8, 4) is 0 Å². The first-order chi connectivity index (χ1) is 12.1. The second-order valence-corrected chi connectivity index (χ2v) is 6.98. The molecular weight excluding hydrogens is 336 g/mol. The summed E-state index contributed by atoms with van der Waals surface area (Å²) >= 11 is 1.67. The lowest BCUT2D eigenvalue weighted by Crippen LogP contribution is -2.28. The fraction of sp³-hybridized carbons (Fsp3) is 0.211. The molecule has 0 radical (unpaired) electrons. The molecule has 1 atom stereocenters. The zero-order chi connectivity index (χ0) is 17.8. The average molecular weight is 354 g/mol. The number of carbonyl (C=O) groups excluding carboxylic acids is 1. The Hall–Kier alpha value is -2.60. The van der Waals surface area contributed by atoms with Gasteiger partial charge < -0.3 is 4.90 Å². The summed E-state index contributed by atoms with van der Waals surface area (Å²) in [4.78, 5) is 24.8. The predicted octanol–water partition coefficient (Wildman–Crippen LogP) is 4.19. The number of nitro groups is 1. The van der Waals surface area contributed by atoms with Gasteiger partial charge in [0.1, 0.15) is 5.37 Å². The van der Waals surface area contributed by atoms with E-state index in [1.165, 1.54) is 12.1 Å². The molecule has 1 saturated heterocycles. The largest absolute Gasteiger partial charge is 0.322 e. The molecule has 1 aliphatic heterocycles. The molecule has 0 saturated carbocycles. The summed E-state index contributed by atoms with van der Waals surface area (Å²) < 4.78 is 0. The maximum atomic E-state index is 12.6. The number of nitrogens with zero attached hydrogens (tertiary/aromatic N) is 2. The maximum Gasteiger partial charge on any atom is 0.269 e. The quantitative estimate of drug-likeness (QED) is 0.469. The van der Waals surface area contributed by atoms with Gasteiger partial charge in [-0.15, -0.1) is 11.8 Å². The van der Waals surface area contributed by atoms with Crippen molar-refractivity contribution in [1.29, 1.82) is 0 Å². The second kappa shape index (κ2) is 7.53. The van der Waals surface area contributed by atoms with Crippen LogP contribution in [0.4, 0.5) is 5.69 Å².